The van der Waals surface area contributed by atoms with Gasteiger partial charge in [-0.15, -0.1) is 0 Å². The van der Waals surface area contributed by atoms with E-state index in [-0.39, 0.29) is 18.1 Å². The van der Waals surface area contributed by atoms with Gasteiger partial charge in [-0.05, 0) is 17.7 Å². The number of benzene rings is 1. The largest absolute Gasteiger partial charge is 0.321 e. The molecule has 0 aromatic heterocycles. The average molecular weight is 278 g/mol. The Morgan fingerprint density at radius 2 is 2.00 bits per heavy atom. The van der Waals surface area contributed by atoms with Crippen LogP contribution in [0.25, 0.3) is 0 Å². The second-order valence-electron chi connectivity index (χ2n) is 5.23. The van der Waals surface area contributed by atoms with Crippen LogP contribution in [-0.2, 0) is 4.79 Å². The Bertz CT molecular complexity index is 421. The summed E-state index contributed by atoms with van der Waals surface area (Å²) in [6.07, 6.45) is 2.10. The Labute approximate surface area is 119 Å². The average Bonchev–Trinajstić information content (AvgIpc) is 2.75. The number of hydrogen-bond donors (Lipinski definition) is 1. The van der Waals surface area contributed by atoms with E-state index in [4.69, 9.17) is 0 Å². The third-order valence-corrected chi connectivity index (χ3v) is 4.11. The molecular formula is C15H22N2OS. The fourth-order valence-corrected chi connectivity index (χ4v) is 2.83. The summed E-state index contributed by atoms with van der Waals surface area (Å²) in [5.74, 6) is 1.53. The first kappa shape index (κ1) is 14.4. The first-order valence-corrected chi connectivity index (χ1v) is 8.15. The lowest BCUT2D eigenvalue weighted by Gasteiger charge is -2.24. The monoisotopic (exact) mass is 278 g/mol. The van der Waals surface area contributed by atoms with E-state index in [0.717, 1.165) is 12.3 Å². The molecule has 0 bridgehead atoms. The summed E-state index contributed by atoms with van der Waals surface area (Å²) in [5.41, 5.74) is 1.17. The highest BCUT2D eigenvalue weighted by atomic mass is 32.2. The topological polar surface area (TPSA) is 32.3 Å². The predicted molar refractivity (Wildman–Crippen MR) is 81.0 cm³/mol. The van der Waals surface area contributed by atoms with Gasteiger partial charge in [0.1, 0.15) is 6.17 Å². The van der Waals surface area contributed by atoms with Crippen LogP contribution in [0.3, 0.4) is 0 Å². The second-order valence-corrected chi connectivity index (χ2v) is 6.21. The van der Waals surface area contributed by atoms with Crippen LogP contribution < -0.4 is 5.32 Å². The van der Waals surface area contributed by atoms with Gasteiger partial charge in [-0.2, -0.15) is 11.8 Å². The molecule has 4 heteroatoms. The molecule has 1 N–H and O–H groups in total. The van der Waals surface area contributed by atoms with E-state index in [9.17, 15) is 4.79 Å². The highest BCUT2D eigenvalue weighted by Gasteiger charge is 2.40. The van der Waals surface area contributed by atoms with Crippen molar-refractivity contribution in [3.05, 3.63) is 35.9 Å². The quantitative estimate of drug-likeness (QED) is 0.898. The van der Waals surface area contributed by atoms with Gasteiger partial charge >= 0.3 is 0 Å². The molecule has 2 rings (SSSR count). The summed E-state index contributed by atoms with van der Waals surface area (Å²) in [6, 6.07) is 10.2. The SMILES string of the molecule is CSCCN1C(=O)C(C(C)C)NC1c1ccccc1. The first-order valence-electron chi connectivity index (χ1n) is 6.75. The van der Waals surface area contributed by atoms with Gasteiger partial charge in [0.25, 0.3) is 0 Å². The van der Waals surface area contributed by atoms with E-state index in [2.05, 4.69) is 37.6 Å². The lowest BCUT2D eigenvalue weighted by Crippen LogP contribution is -2.35. The van der Waals surface area contributed by atoms with Gasteiger partial charge in [0, 0.05) is 12.3 Å². The Kier molecular flexibility index (Phi) is 4.88. The number of hydrogen-bond acceptors (Lipinski definition) is 3. The normalized spacial score (nSPS) is 23.4. The number of rotatable bonds is 5. The minimum atomic E-state index is -0.0629. The van der Waals surface area contributed by atoms with Crippen LogP contribution in [0.15, 0.2) is 30.3 Å². The Balaban J connectivity index is 2.22. The van der Waals surface area contributed by atoms with E-state index >= 15 is 0 Å². The lowest BCUT2D eigenvalue weighted by molar-refractivity contribution is -0.130. The molecule has 0 saturated carbocycles. The zero-order valence-corrected chi connectivity index (χ0v) is 12.6. The van der Waals surface area contributed by atoms with Crippen molar-refractivity contribution >= 4 is 17.7 Å². The van der Waals surface area contributed by atoms with Crippen LogP contribution in [0.1, 0.15) is 25.6 Å². The van der Waals surface area contributed by atoms with Crippen molar-refractivity contribution in [3.8, 4) is 0 Å². The van der Waals surface area contributed by atoms with Crippen LogP contribution >= 0.6 is 11.8 Å². The summed E-state index contributed by atoms with van der Waals surface area (Å²) in [7, 11) is 0. The van der Waals surface area contributed by atoms with Gasteiger partial charge in [0.05, 0.1) is 6.04 Å². The Morgan fingerprint density at radius 3 is 2.58 bits per heavy atom. The number of amides is 1. The molecular weight excluding hydrogens is 256 g/mol. The van der Waals surface area contributed by atoms with Crippen molar-refractivity contribution in [2.45, 2.75) is 26.1 Å². The molecule has 19 heavy (non-hydrogen) atoms. The standard InChI is InChI=1S/C15H22N2OS/c1-11(2)13-15(18)17(9-10-19-3)14(16-13)12-7-5-4-6-8-12/h4-8,11,13-14,16H,9-10H2,1-3H3. The molecule has 1 aliphatic rings. The van der Waals surface area contributed by atoms with Gasteiger partial charge in [-0.1, -0.05) is 44.2 Å². The third kappa shape index (κ3) is 3.12. The number of carbonyl (C=O) groups is 1. The highest BCUT2D eigenvalue weighted by Crippen LogP contribution is 2.27. The van der Waals surface area contributed by atoms with E-state index in [1.807, 2.05) is 23.1 Å². The van der Waals surface area contributed by atoms with Crippen molar-refractivity contribution in [1.82, 2.24) is 10.2 Å². The molecule has 1 fully saturated rings. The van der Waals surface area contributed by atoms with Crippen LogP contribution in [0.4, 0.5) is 0 Å². The minimum absolute atomic E-state index is 0.0215. The molecule has 1 aliphatic heterocycles. The number of thioether (sulfide) groups is 1. The Morgan fingerprint density at radius 1 is 1.32 bits per heavy atom. The molecule has 0 aliphatic carbocycles. The second kappa shape index (κ2) is 6.44. The molecule has 1 aromatic carbocycles. The molecule has 1 amide bonds. The van der Waals surface area contributed by atoms with Crippen LogP contribution in [0.5, 0.6) is 0 Å². The van der Waals surface area contributed by atoms with E-state index in [1.165, 1.54) is 5.56 Å². The maximum atomic E-state index is 12.5. The van der Waals surface area contributed by atoms with E-state index < -0.39 is 0 Å². The molecule has 2 unspecified atom stereocenters. The molecule has 104 valence electrons. The van der Waals surface area contributed by atoms with E-state index in [0.29, 0.717) is 5.92 Å². The predicted octanol–water partition coefficient (Wildman–Crippen LogP) is 2.50. The maximum absolute atomic E-state index is 12.5. The molecule has 2 atom stereocenters. The number of nitrogens with one attached hydrogen (secondary N) is 1. The van der Waals surface area contributed by atoms with Crippen molar-refractivity contribution in [1.29, 1.82) is 0 Å². The molecule has 0 radical (unpaired) electrons. The van der Waals surface area contributed by atoms with E-state index in [1.54, 1.807) is 11.8 Å². The van der Waals surface area contributed by atoms with Crippen molar-refractivity contribution in [2.75, 3.05) is 18.6 Å². The fraction of sp³-hybridized carbons (Fsp3) is 0.533. The minimum Gasteiger partial charge on any atom is -0.321 e. The Hall–Kier alpha value is -1.00. The molecule has 3 nitrogen and oxygen atoms in total. The molecule has 0 spiro atoms. The van der Waals surface area contributed by atoms with Crippen LogP contribution in [0.2, 0.25) is 0 Å². The van der Waals surface area contributed by atoms with Crippen molar-refractivity contribution < 1.29 is 4.79 Å². The summed E-state index contributed by atoms with van der Waals surface area (Å²) in [4.78, 5) is 14.5. The zero-order chi connectivity index (χ0) is 13.8. The molecule has 1 saturated heterocycles. The van der Waals surface area contributed by atoms with Gasteiger partial charge in [0.2, 0.25) is 5.91 Å². The van der Waals surface area contributed by atoms with Gasteiger partial charge in [-0.3, -0.25) is 10.1 Å². The lowest BCUT2D eigenvalue weighted by atomic mass is 10.1. The van der Waals surface area contributed by atoms with Crippen molar-refractivity contribution in [2.24, 2.45) is 5.92 Å². The summed E-state index contributed by atoms with van der Waals surface area (Å²) >= 11 is 1.78. The number of nitrogens with zero attached hydrogens (tertiary/aromatic N) is 1. The summed E-state index contributed by atoms with van der Waals surface area (Å²) < 4.78 is 0. The molecule has 1 aromatic rings. The van der Waals surface area contributed by atoms with Crippen LogP contribution in [-0.4, -0.2) is 35.4 Å². The number of carbonyl (C=O) groups excluding carboxylic acids is 1. The van der Waals surface area contributed by atoms with Crippen LogP contribution in [0, 0.1) is 5.92 Å². The third-order valence-electron chi connectivity index (χ3n) is 3.52. The summed E-state index contributed by atoms with van der Waals surface area (Å²) in [6.45, 7) is 4.99. The van der Waals surface area contributed by atoms with Gasteiger partial charge in [-0.25, -0.2) is 0 Å². The summed E-state index contributed by atoms with van der Waals surface area (Å²) in [5, 5.41) is 3.48. The molecule has 1 heterocycles. The van der Waals surface area contributed by atoms with Gasteiger partial charge < -0.3 is 4.90 Å². The maximum Gasteiger partial charge on any atom is 0.241 e. The first-order chi connectivity index (χ1) is 9.15. The van der Waals surface area contributed by atoms with Crippen molar-refractivity contribution in [3.63, 3.8) is 0 Å². The fourth-order valence-electron chi connectivity index (χ4n) is 2.46. The highest BCUT2D eigenvalue weighted by molar-refractivity contribution is 7.98. The zero-order valence-electron chi connectivity index (χ0n) is 11.8. The smallest absolute Gasteiger partial charge is 0.241 e. The van der Waals surface area contributed by atoms with Gasteiger partial charge in [0.15, 0.2) is 0 Å².